The molecule has 19 heavy (non-hydrogen) atoms. The monoisotopic (exact) mass is 281 g/mol. The van der Waals surface area contributed by atoms with Gasteiger partial charge in [0.1, 0.15) is 5.82 Å². The van der Waals surface area contributed by atoms with E-state index in [-0.39, 0.29) is 5.82 Å². The minimum atomic E-state index is -0.0964. The predicted molar refractivity (Wildman–Crippen MR) is 80.8 cm³/mol. The minimum absolute atomic E-state index is 0.0964. The summed E-state index contributed by atoms with van der Waals surface area (Å²) >= 11 is 1.70. The highest BCUT2D eigenvalue weighted by Crippen LogP contribution is 2.41. The maximum absolute atomic E-state index is 13.8. The fraction of sp³-hybridized carbons (Fsp3) is 0.625. The first kappa shape index (κ1) is 14.9. The van der Waals surface area contributed by atoms with E-state index in [4.69, 9.17) is 5.73 Å². The number of nitrogens with two attached hydrogens (primary N) is 1. The van der Waals surface area contributed by atoms with Crippen molar-refractivity contribution in [3.63, 3.8) is 0 Å². The van der Waals surface area contributed by atoms with Crippen LogP contribution in [0.15, 0.2) is 29.2 Å². The van der Waals surface area contributed by atoms with E-state index >= 15 is 0 Å². The third-order valence-electron chi connectivity index (χ3n) is 4.15. The third kappa shape index (κ3) is 3.96. The molecule has 2 N–H and O–H groups in total. The molecule has 0 radical (unpaired) electrons. The van der Waals surface area contributed by atoms with Gasteiger partial charge in [0.05, 0.1) is 0 Å². The lowest BCUT2D eigenvalue weighted by molar-refractivity contribution is 0.276. The van der Waals surface area contributed by atoms with Crippen LogP contribution in [-0.2, 0) is 0 Å². The Morgan fingerprint density at radius 2 is 2.11 bits per heavy atom. The van der Waals surface area contributed by atoms with Crippen molar-refractivity contribution in [3.8, 4) is 0 Å². The number of rotatable bonds is 5. The Morgan fingerprint density at radius 1 is 1.32 bits per heavy atom. The van der Waals surface area contributed by atoms with Gasteiger partial charge in [-0.25, -0.2) is 4.39 Å². The average molecular weight is 281 g/mol. The largest absolute Gasteiger partial charge is 0.330 e. The Hall–Kier alpha value is -0.540. The number of halogens is 1. The summed E-state index contributed by atoms with van der Waals surface area (Å²) in [5.41, 5.74) is 5.90. The number of benzene rings is 1. The van der Waals surface area contributed by atoms with Crippen LogP contribution in [0, 0.1) is 17.7 Å². The predicted octanol–water partition coefficient (Wildman–Crippen LogP) is 4.46. The van der Waals surface area contributed by atoms with Crippen LogP contribution in [-0.4, -0.2) is 11.8 Å². The number of hydrogen-bond donors (Lipinski definition) is 1. The second kappa shape index (κ2) is 7.30. The van der Waals surface area contributed by atoms with Crippen molar-refractivity contribution < 1.29 is 4.39 Å². The van der Waals surface area contributed by atoms with Crippen LogP contribution in [0.2, 0.25) is 0 Å². The van der Waals surface area contributed by atoms with Gasteiger partial charge in [0, 0.05) is 10.1 Å². The van der Waals surface area contributed by atoms with Crippen molar-refractivity contribution in [3.05, 3.63) is 30.1 Å². The zero-order chi connectivity index (χ0) is 13.7. The van der Waals surface area contributed by atoms with E-state index in [0.717, 1.165) is 17.4 Å². The van der Waals surface area contributed by atoms with Gasteiger partial charge in [0.25, 0.3) is 0 Å². The minimum Gasteiger partial charge on any atom is -0.330 e. The molecule has 1 nitrogen and oxygen atoms in total. The van der Waals surface area contributed by atoms with Crippen LogP contribution in [0.5, 0.6) is 0 Å². The molecule has 3 heteroatoms. The molecule has 0 aliphatic heterocycles. The van der Waals surface area contributed by atoms with E-state index in [0.29, 0.717) is 11.2 Å². The van der Waals surface area contributed by atoms with E-state index < -0.39 is 0 Å². The van der Waals surface area contributed by atoms with Gasteiger partial charge in [-0.05, 0) is 43.4 Å². The van der Waals surface area contributed by atoms with E-state index in [9.17, 15) is 4.39 Å². The molecule has 106 valence electrons. The fourth-order valence-electron chi connectivity index (χ4n) is 3.06. The first-order valence-electron chi connectivity index (χ1n) is 7.35. The van der Waals surface area contributed by atoms with E-state index in [1.807, 2.05) is 12.1 Å². The molecule has 0 aromatic heterocycles. The Morgan fingerprint density at radius 3 is 2.79 bits per heavy atom. The highest BCUT2D eigenvalue weighted by molar-refractivity contribution is 8.00. The van der Waals surface area contributed by atoms with Gasteiger partial charge >= 0.3 is 0 Å². The Labute approximate surface area is 120 Å². The van der Waals surface area contributed by atoms with Gasteiger partial charge in [-0.15, -0.1) is 11.8 Å². The summed E-state index contributed by atoms with van der Waals surface area (Å²) in [6.45, 7) is 2.97. The molecule has 1 aliphatic rings. The van der Waals surface area contributed by atoms with Crippen molar-refractivity contribution >= 4 is 11.8 Å². The SMILES string of the molecule is CCCC1CCC(CN)C(Sc2ccccc2F)C1. The van der Waals surface area contributed by atoms with Crippen LogP contribution in [0.4, 0.5) is 4.39 Å². The summed E-state index contributed by atoms with van der Waals surface area (Å²) in [6.07, 6.45) is 6.23. The van der Waals surface area contributed by atoms with E-state index in [1.54, 1.807) is 23.9 Å². The van der Waals surface area contributed by atoms with Crippen molar-refractivity contribution in [2.75, 3.05) is 6.54 Å². The van der Waals surface area contributed by atoms with Crippen LogP contribution < -0.4 is 5.73 Å². The smallest absolute Gasteiger partial charge is 0.136 e. The number of hydrogen-bond acceptors (Lipinski definition) is 2. The van der Waals surface area contributed by atoms with Crippen molar-refractivity contribution in [2.45, 2.75) is 49.2 Å². The molecule has 0 amide bonds. The molecule has 0 heterocycles. The quantitative estimate of drug-likeness (QED) is 0.862. The molecule has 3 atom stereocenters. The summed E-state index contributed by atoms with van der Waals surface area (Å²) in [5.74, 6) is 1.25. The van der Waals surface area contributed by atoms with Crippen molar-refractivity contribution in [1.29, 1.82) is 0 Å². The zero-order valence-corrected chi connectivity index (χ0v) is 12.5. The van der Waals surface area contributed by atoms with Gasteiger partial charge < -0.3 is 5.73 Å². The van der Waals surface area contributed by atoms with Crippen molar-refractivity contribution in [1.82, 2.24) is 0 Å². The maximum atomic E-state index is 13.8. The van der Waals surface area contributed by atoms with Gasteiger partial charge in [0.15, 0.2) is 0 Å². The second-order valence-electron chi connectivity index (χ2n) is 5.55. The molecular weight excluding hydrogens is 257 g/mol. The summed E-state index contributed by atoms with van der Waals surface area (Å²) in [4.78, 5) is 0.781. The molecule has 1 aromatic carbocycles. The number of thioether (sulfide) groups is 1. The lowest BCUT2D eigenvalue weighted by atomic mass is 9.80. The maximum Gasteiger partial charge on any atom is 0.136 e. The molecular formula is C16H24FNS. The second-order valence-corrected chi connectivity index (χ2v) is 6.83. The normalized spacial score (nSPS) is 27.4. The lowest BCUT2D eigenvalue weighted by Gasteiger charge is -2.35. The lowest BCUT2D eigenvalue weighted by Crippen LogP contribution is -2.32. The Balaban J connectivity index is 2.04. The van der Waals surface area contributed by atoms with Gasteiger partial charge in [-0.1, -0.05) is 38.3 Å². The molecule has 1 fully saturated rings. The van der Waals surface area contributed by atoms with Gasteiger partial charge in [-0.3, -0.25) is 0 Å². The summed E-state index contributed by atoms with van der Waals surface area (Å²) in [5, 5.41) is 0.479. The first-order valence-corrected chi connectivity index (χ1v) is 8.23. The van der Waals surface area contributed by atoms with E-state index in [1.165, 1.54) is 32.1 Å². The van der Waals surface area contributed by atoms with Crippen molar-refractivity contribution in [2.24, 2.45) is 17.6 Å². The molecule has 0 bridgehead atoms. The summed E-state index contributed by atoms with van der Waals surface area (Å²) in [6, 6.07) is 7.10. The topological polar surface area (TPSA) is 26.0 Å². The third-order valence-corrected chi connectivity index (χ3v) is 5.62. The van der Waals surface area contributed by atoms with Crippen LogP contribution in [0.25, 0.3) is 0 Å². The zero-order valence-electron chi connectivity index (χ0n) is 11.6. The molecule has 1 aromatic rings. The Bertz CT molecular complexity index is 396. The molecule has 1 saturated carbocycles. The van der Waals surface area contributed by atoms with E-state index in [2.05, 4.69) is 6.92 Å². The van der Waals surface area contributed by atoms with Gasteiger partial charge in [-0.2, -0.15) is 0 Å². The molecule has 1 aliphatic carbocycles. The Kier molecular flexibility index (Phi) is 5.71. The van der Waals surface area contributed by atoms with Crippen LogP contribution in [0.3, 0.4) is 0 Å². The highest BCUT2D eigenvalue weighted by Gasteiger charge is 2.30. The molecule has 0 saturated heterocycles. The molecule has 0 spiro atoms. The van der Waals surface area contributed by atoms with Crippen LogP contribution >= 0.6 is 11.8 Å². The highest BCUT2D eigenvalue weighted by atomic mass is 32.2. The fourth-order valence-corrected chi connectivity index (χ4v) is 4.53. The average Bonchev–Trinajstić information content (AvgIpc) is 2.42. The summed E-state index contributed by atoms with van der Waals surface area (Å²) < 4.78 is 13.8. The van der Waals surface area contributed by atoms with Gasteiger partial charge in [0.2, 0.25) is 0 Å². The standard InChI is InChI=1S/C16H24FNS/c1-2-5-12-8-9-13(11-18)16(10-12)19-15-7-4-3-6-14(15)17/h3-4,6-7,12-13,16H,2,5,8-11,18H2,1H3. The molecule has 3 unspecified atom stereocenters. The summed E-state index contributed by atoms with van der Waals surface area (Å²) in [7, 11) is 0. The first-order chi connectivity index (χ1) is 9.24. The molecule has 2 rings (SSSR count). The van der Waals surface area contributed by atoms with Crippen LogP contribution in [0.1, 0.15) is 39.0 Å².